The Bertz CT molecular complexity index is 337. The fourth-order valence-corrected chi connectivity index (χ4v) is 2.28. The fraction of sp³-hybridized carbons (Fsp3) is 0.583. The molecule has 0 spiro atoms. The molecule has 88 valence electrons. The second-order valence-corrected chi connectivity index (χ2v) is 4.42. The number of pyridine rings is 1. The van der Waals surface area contributed by atoms with E-state index < -0.39 is 0 Å². The van der Waals surface area contributed by atoms with E-state index in [1.54, 1.807) is 0 Å². The number of aromatic nitrogens is 1. The first kappa shape index (κ1) is 11.5. The van der Waals surface area contributed by atoms with Crippen molar-refractivity contribution in [1.82, 2.24) is 10.4 Å². The van der Waals surface area contributed by atoms with E-state index in [1.807, 2.05) is 19.3 Å². The van der Waals surface area contributed by atoms with Crippen molar-refractivity contribution >= 4 is 0 Å². The van der Waals surface area contributed by atoms with Crippen LogP contribution in [0.5, 0.6) is 0 Å². The van der Waals surface area contributed by atoms with Crippen LogP contribution < -0.4 is 11.3 Å². The van der Waals surface area contributed by atoms with Gasteiger partial charge in [0.1, 0.15) is 0 Å². The monoisotopic (exact) mass is 221 g/mol. The third kappa shape index (κ3) is 2.58. The van der Waals surface area contributed by atoms with Gasteiger partial charge in [-0.15, -0.1) is 0 Å². The van der Waals surface area contributed by atoms with Crippen molar-refractivity contribution in [1.29, 1.82) is 0 Å². The standard InChI is InChI=1S/C12H19N3O/c1-9-5-11(7-14-6-9)12(15-13)10-3-2-4-16-8-10/h5-7,10,12,15H,2-4,8,13H2,1H3. The van der Waals surface area contributed by atoms with Crippen LogP contribution in [0.25, 0.3) is 0 Å². The molecule has 4 nitrogen and oxygen atoms in total. The summed E-state index contributed by atoms with van der Waals surface area (Å²) in [5.74, 6) is 6.10. The lowest BCUT2D eigenvalue weighted by Gasteiger charge is -2.29. The van der Waals surface area contributed by atoms with Crippen molar-refractivity contribution in [3.8, 4) is 0 Å². The van der Waals surface area contributed by atoms with Crippen molar-refractivity contribution in [2.45, 2.75) is 25.8 Å². The summed E-state index contributed by atoms with van der Waals surface area (Å²) in [4.78, 5) is 4.21. The third-order valence-corrected chi connectivity index (χ3v) is 3.10. The molecule has 3 N–H and O–H groups in total. The number of ether oxygens (including phenoxy) is 1. The molecule has 1 aliphatic heterocycles. The summed E-state index contributed by atoms with van der Waals surface area (Å²) in [5, 5.41) is 0. The van der Waals surface area contributed by atoms with Gasteiger partial charge in [-0.05, 0) is 30.9 Å². The van der Waals surface area contributed by atoms with E-state index in [0.717, 1.165) is 37.2 Å². The van der Waals surface area contributed by atoms with Gasteiger partial charge in [0, 0.05) is 24.9 Å². The molecule has 1 aliphatic rings. The van der Waals surface area contributed by atoms with Gasteiger partial charge in [-0.3, -0.25) is 16.3 Å². The molecule has 0 radical (unpaired) electrons. The van der Waals surface area contributed by atoms with E-state index in [2.05, 4.69) is 16.5 Å². The molecule has 0 aliphatic carbocycles. The van der Waals surface area contributed by atoms with E-state index in [0.29, 0.717) is 5.92 Å². The zero-order valence-electron chi connectivity index (χ0n) is 9.65. The molecule has 0 amide bonds. The van der Waals surface area contributed by atoms with Crippen LogP contribution >= 0.6 is 0 Å². The number of hydrogen-bond donors (Lipinski definition) is 2. The van der Waals surface area contributed by atoms with Crippen LogP contribution in [0, 0.1) is 12.8 Å². The molecule has 0 saturated carbocycles. The Hall–Kier alpha value is -0.970. The molecule has 0 bridgehead atoms. The lowest BCUT2D eigenvalue weighted by atomic mass is 9.89. The first-order chi connectivity index (χ1) is 7.81. The Kier molecular flexibility index (Phi) is 3.88. The largest absolute Gasteiger partial charge is 0.381 e. The van der Waals surface area contributed by atoms with Crippen molar-refractivity contribution in [2.24, 2.45) is 11.8 Å². The number of hydrogen-bond acceptors (Lipinski definition) is 4. The maximum Gasteiger partial charge on any atom is 0.0525 e. The predicted octanol–water partition coefficient (Wildman–Crippen LogP) is 1.32. The molecule has 2 unspecified atom stereocenters. The van der Waals surface area contributed by atoms with Gasteiger partial charge in [0.15, 0.2) is 0 Å². The second-order valence-electron chi connectivity index (χ2n) is 4.42. The molecule has 1 aromatic rings. The highest BCUT2D eigenvalue weighted by atomic mass is 16.5. The summed E-state index contributed by atoms with van der Waals surface area (Å²) >= 11 is 0. The summed E-state index contributed by atoms with van der Waals surface area (Å²) in [5.41, 5.74) is 5.21. The molecular formula is C12H19N3O. The van der Waals surface area contributed by atoms with Gasteiger partial charge in [-0.2, -0.15) is 0 Å². The van der Waals surface area contributed by atoms with E-state index in [9.17, 15) is 0 Å². The van der Waals surface area contributed by atoms with Gasteiger partial charge in [0.25, 0.3) is 0 Å². The third-order valence-electron chi connectivity index (χ3n) is 3.10. The molecule has 2 rings (SSSR count). The van der Waals surface area contributed by atoms with Crippen molar-refractivity contribution < 1.29 is 4.74 Å². The van der Waals surface area contributed by atoms with Gasteiger partial charge in [0.05, 0.1) is 12.6 Å². The zero-order chi connectivity index (χ0) is 11.4. The van der Waals surface area contributed by atoms with Crippen LogP contribution in [0.1, 0.15) is 30.0 Å². The summed E-state index contributed by atoms with van der Waals surface area (Å²) < 4.78 is 5.50. The molecule has 0 aromatic carbocycles. The molecule has 1 saturated heterocycles. The normalized spacial score (nSPS) is 23.0. The first-order valence-corrected chi connectivity index (χ1v) is 5.76. The molecule has 1 aromatic heterocycles. The van der Waals surface area contributed by atoms with Crippen LogP contribution in [-0.4, -0.2) is 18.2 Å². The van der Waals surface area contributed by atoms with E-state index in [-0.39, 0.29) is 6.04 Å². The summed E-state index contributed by atoms with van der Waals surface area (Å²) in [6, 6.07) is 2.28. The van der Waals surface area contributed by atoms with Crippen molar-refractivity contribution in [3.63, 3.8) is 0 Å². The highest BCUT2D eigenvalue weighted by molar-refractivity contribution is 5.20. The first-order valence-electron chi connectivity index (χ1n) is 5.76. The molecular weight excluding hydrogens is 202 g/mol. The van der Waals surface area contributed by atoms with Gasteiger partial charge < -0.3 is 4.74 Å². The maximum atomic E-state index is 5.65. The van der Waals surface area contributed by atoms with Gasteiger partial charge in [-0.25, -0.2) is 0 Å². The number of nitrogens with one attached hydrogen (secondary N) is 1. The number of rotatable bonds is 3. The average Bonchev–Trinajstić information content (AvgIpc) is 2.31. The molecule has 4 heteroatoms. The lowest BCUT2D eigenvalue weighted by molar-refractivity contribution is 0.0389. The number of hydrazine groups is 1. The van der Waals surface area contributed by atoms with Crippen LogP contribution in [0.3, 0.4) is 0 Å². The van der Waals surface area contributed by atoms with Gasteiger partial charge in [-0.1, -0.05) is 6.07 Å². The Morgan fingerprint density at radius 2 is 2.44 bits per heavy atom. The Morgan fingerprint density at radius 1 is 1.56 bits per heavy atom. The number of nitrogens with zero attached hydrogens (tertiary/aromatic N) is 1. The SMILES string of the molecule is Cc1cncc(C(NN)C2CCCOC2)c1. The molecule has 1 fully saturated rings. The van der Waals surface area contributed by atoms with E-state index in [1.165, 1.54) is 0 Å². The molecule has 2 heterocycles. The average molecular weight is 221 g/mol. The van der Waals surface area contributed by atoms with Crippen LogP contribution in [-0.2, 0) is 4.74 Å². The molecule has 2 atom stereocenters. The Balaban J connectivity index is 2.14. The minimum absolute atomic E-state index is 0.146. The predicted molar refractivity (Wildman–Crippen MR) is 62.6 cm³/mol. The second kappa shape index (κ2) is 5.39. The van der Waals surface area contributed by atoms with Crippen molar-refractivity contribution in [2.75, 3.05) is 13.2 Å². The highest BCUT2D eigenvalue weighted by Gasteiger charge is 2.24. The zero-order valence-corrected chi connectivity index (χ0v) is 9.65. The Morgan fingerprint density at radius 3 is 3.06 bits per heavy atom. The summed E-state index contributed by atoms with van der Waals surface area (Å²) in [7, 11) is 0. The lowest BCUT2D eigenvalue weighted by Crippen LogP contribution is -2.37. The van der Waals surface area contributed by atoms with Crippen LogP contribution in [0.15, 0.2) is 18.5 Å². The number of aryl methyl sites for hydroxylation is 1. The fourth-order valence-electron chi connectivity index (χ4n) is 2.28. The van der Waals surface area contributed by atoms with Gasteiger partial charge in [0.2, 0.25) is 0 Å². The number of nitrogens with two attached hydrogens (primary N) is 1. The topological polar surface area (TPSA) is 60.2 Å². The summed E-state index contributed by atoms with van der Waals surface area (Å²) in [6.45, 7) is 3.70. The molecule has 16 heavy (non-hydrogen) atoms. The minimum atomic E-state index is 0.146. The van der Waals surface area contributed by atoms with Gasteiger partial charge >= 0.3 is 0 Å². The Labute approximate surface area is 96.2 Å². The highest BCUT2D eigenvalue weighted by Crippen LogP contribution is 2.28. The quantitative estimate of drug-likeness (QED) is 0.597. The van der Waals surface area contributed by atoms with Crippen LogP contribution in [0.2, 0.25) is 0 Å². The van der Waals surface area contributed by atoms with Crippen molar-refractivity contribution in [3.05, 3.63) is 29.6 Å². The van der Waals surface area contributed by atoms with E-state index in [4.69, 9.17) is 10.6 Å². The maximum absolute atomic E-state index is 5.65. The van der Waals surface area contributed by atoms with Crippen LogP contribution in [0.4, 0.5) is 0 Å². The minimum Gasteiger partial charge on any atom is -0.381 e. The smallest absolute Gasteiger partial charge is 0.0525 e. The van der Waals surface area contributed by atoms with E-state index >= 15 is 0 Å². The summed E-state index contributed by atoms with van der Waals surface area (Å²) in [6.07, 6.45) is 6.01.